The molecule has 0 aliphatic carbocycles. The molecule has 2 aromatic heterocycles. The van der Waals surface area contributed by atoms with E-state index in [1.165, 1.54) is 6.07 Å². The Morgan fingerprint density at radius 3 is 1.97 bits per heavy atom. The molecule has 0 radical (unpaired) electrons. The zero-order valence-corrected chi connectivity index (χ0v) is 18.1. The van der Waals surface area contributed by atoms with E-state index in [0.717, 1.165) is 5.69 Å². The second-order valence-electron chi connectivity index (χ2n) is 7.88. The second-order valence-corrected chi connectivity index (χ2v) is 7.88. The third-order valence-electron chi connectivity index (χ3n) is 5.22. The number of carbonyl (C=O) groups is 3. The van der Waals surface area contributed by atoms with Crippen molar-refractivity contribution in [2.75, 3.05) is 39.3 Å². The van der Waals surface area contributed by atoms with Gasteiger partial charge in [-0.15, -0.1) is 0 Å². The Morgan fingerprint density at radius 1 is 0.788 bits per heavy atom. The molecule has 0 unspecified atom stereocenters. The molecule has 0 amide bonds. The molecule has 11 heteroatoms. The number of hydrogen-bond acceptors (Lipinski definition) is 10. The summed E-state index contributed by atoms with van der Waals surface area (Å²) in [7, 11) is 0. The van der Waals surface area contributed by atoms with E-state index in [0.29, 0.717) is 50.7 Å². The summed E-state index contributed by atoms with van der Waals surface area (Å²) >= 11 is 0. The number of carboxylic acid groups (broad SMARTS) is 3. The SMILES string of the molecule is O=C([O-])CN1CCN(CC(=O)[O-])Cc2cccc(n2)CN(Cc2cccc(C(=O)O)n2)CC1. The lowest BCUT2D eigenvalue weighted by atomic mass is 10.2. The fraction of sp³-hybridized carbons (Fsp3) is 0.409. The van der Waals surface area contributed by atoms with E-state index in [4.69, 9.17) is 0 Å². The van der Waals surface area contributed by atoms with Crippen LogP contribution in [-0.4, -0.2) is 87.0 Å². The molecule has 0 atom stereocenters. The summed E-state index contributed by atoms with van der Waals surface area (Å²) in [5, 5.41) is 31.6. The van der Waals surface area contributed by atoms with Crippen molar-refractivity contribution in [3.63, 3.8) is 0 Å². The normalized spacial score (nSPS) is 16.5. The fourth-order valence-corrected chi connectivity index (χ4v) is 3.71. The smallest absolute Gasteiger partial charge is 0.354 e. The maximum atomic E-state index is 11.3. The Bertz CT molecular complexity index is 1000. The monoisotopic (exact) mass is 455 g/mol. The number of aromatic carboxylic acids is 1. The van der Waals surface area contributed by atoms with Gasteiger partial charge in [-0.05, 0) is 24.3 Å². The van der Waals surface area contributed by atoms with Crippen LogP contribution < -0.4 is 10.2 Å². The number of rotatable bonds is 7. The van der Waals surface area contributed by atoms with Gasteiger partial charge in [0.05, 0.1) is 29.0 Å². The van der Waals surface area contributed by atoms with Gasteiger partial charge in [-0.3, -0.25) is 19.7 Å². The highest BCUT2D eigenvalue weighted by Crippen LogP contribution is 2.12. The molecule has 11 nitrogen and oxygen atoms in total. The second kappa shape index (κ2) is 11.5. The van der Waals surface area contributed by atoms with Crippen LogP contribution in [0.15, 0.2) is 36.4 Å². The highest BCUT2D eigenvalue weighted by Gasteiger charge is 2.17. The van der Waals surface area contributed by atoms with Crippen molar-refractivity contribution in [2.45, 2.75) is 19.6 Å². The molecule has 3 rings (SSSR count). The molecule has 1 aliphatic rings. The van der Waals surface area contributed by atoms with Crippen molar-refractivity contribution in [3.05, 3.63) is 59.2 Å². The maximum Gasteiger partial charge on any atom is 0.354 e. The molecule has 176 valence electrons. The van der Waals surface area contributed by atoms with Gasteiger partial charge in [0.25, 0.3) is 0 Å². The van der Waals surface area contributed by atoms with E-state index in [1.54, 1.807) is 28.0 Å². The quantitative estimate of drug-likeness (QED) is 0.484. The topological polar surface area (TPSA) is 153 Å². The minimum absolute atomic E-state index is 0.0476. The zero-order chi connectivity index (χ0) is 23.8. The van der Waals surface area contributed by atoms with Gasteiger partial charge in [0.1, 0.15) is 5.69 Å². The van der Waals surface area contributed by atoms with Gasteiger partial charge >= 0.3 is 5.97 Å². The third kappa shape index (κ3) is 7.90. The number of hydrogen-bond donors (Lipinski definition) is 1. The van der Waals surface area contributed by atoms with Gasteiger partial charge in [-0.1, -0.05) is 12.1 Å². The minimum atomic E-state index is -1.22. The lowest BCUT2D eigenvalue weighted by Gasteiger charge is -2.31. The number of aliphatic carboxylic acids is 2. The van der Waals surface area contributed by atoms with Crippen LogP contribution in [0.1, 0.15) is 27.6 Å². The van der Waals surface area contributed by atoms with Gasteiger partial charge in [0.2, 0.25) is 0 Å². The molecule has 0 aromatic carbocycles. The first-order chi connectivity index (χ1) is 15.8. The van der Waals surface area contributed by atoms with Crippen LogP contribution in [0.25, 0.3) is 0 Å². The van der Waals surface area contributed by atoms with E-state index >= 15 is 0 Å². The number of nitrogens with zero attached hydrogens (tertiary/aromatic N) is 5. The summed E-state index contributed by atoms with van der Waals surface area (Å²) in [5.74, 6) is -3.55. The number of carboxylic acids is 3. The standard InChI is InChI=1S/C22H27N5O6/c28-20(29)14-25-7-9-26(13-18-5-2-6-19(24-18)22(32)33)11-16-3-1-4-17(23-16)12-27(10-8-25)15-21(30)31/h1-6H,7-15H2,(H,28,29)(H,30,31)(H,32,33)/p-2. The largest absolute Gasteiger partial charge is 0.549 e. The summed E-state index contributed by atoms with van der Waals surface area (Å²) in [4.78, 5) is 47.9. The van der Waals surface area contributed by atoms with Gasteiger partial charge in [0.15, 0.2) is 0 Å². The summed E-state index contributed by atoms with van der Waals surface area (Å²) < 4.78 is 0. The number of aromatic nitrogens is 2. The Morgan fingerprint density at radius 2 is 1.33 bits per heavy atom. The Kier molecular flexibility index (Phi) is 8.41. The molecular weight excluding hydrogens is 430 g/mol. The number of pyridine rings is 2. The van der Waals surface area contributed by atoms with Crippen molar-refractivity contribution >= 4 is 17.9 Å². The van der Waals surface area contributed by atoms with E-state index in [2.05, 4.69) is 9.97 Å². The third-order valence-corrected chi connectivity index (χ3v) is 5.22. The van der Waals surface area contributed by atoms with E-state index in [-0.39, 0.29) is 25.3 Å². The molecule has 0 saturated carbocycles. The van der Waals surface area contributed by atoms with Gasteiger partial charge in [-0.25, -0.2) is 9.78 Å². The molecule has 3 heterocycles. The van der Waals surface area contributed by atoms with Crippen LogP contribution in [0, 0.1) is 0 Å². The lowest BCUT2D eigenvalue weighted by molar-refractivity contribution is -0.308. The first-order valence-corrected chi connectivity index (χ1v) is 10.5. The van der Waals surface area contributed by atoms with E-state index in [1.807, 2.05) is 17.0 Å². The van der Waals surface area contributed by atoms with Crippen LogP contribution in [0.2, 0.25) is 0 Å². The van der Waals surface area contributed by atoms with Gasteiger partial charge in [-0.2, -0.15) is 0 Å². The Labute approximate surface area is 190 Å². The van der Waals surface area contributed by atoms with Crippen molar-refractivity contribution in [2.24, 2.45) is 0 Å². The highest BCUT2D eigenvalue weighted by molar-refractivity contribution is 5.85. The van der Waals surface area contributed by atoms with Crippen LogP contribution in [0.5, 0.6) is 0 Å². The molecule has 1 aliphatic heterocycles. The van der Waals surface area contributed by atoms with E-state index in [9.17, 15) is 29.7 Å². The molecule has 2 bridgehead atoms. The van der Waals surface area contributed by atoms with Crippen LogP contribution in [0.3, 0.4) is 0 Å². The number of carbonyl (C=O) groups excluding carboxylic acids is 2. The average Bonchev–Trinajstić information content (AvgIpc) is 2.74. The van der Waals surface area contributed by atoms with Crippen LogP contribution >= 0.6 is 0 Å². The number of fused-ring (bicyclic) bond motifs is 2. The highest BCUT2D eigenvalue weighted by atomic mass is 16.4. The Hall–Kier alpha value is -3.41. The summed E-state index contributed by atoms with van der Waals surface area (Å²) in [6, 6.07) is 10.3. The molecule has 33 heavy (non-hydrogen) atoms. The molecule has 0 saturated heterocycles. The first kappa shape index (κ1) is 24.2. The van der Waals surface area contributed by atoms with Gasteiger partial charge in [0, 0.05) is 58.9 Å². The predicted octanol–water partition coefficient (Wildman–Crippen LogP) is -2.21. The maximum absolute atomic E-state index is 11.3. The lowest BCUT2D eigenvalue weighted by Crippen LogP contribution is -2.46. The van der Waals surface area contributed by atoms with Crippen molar-refractivity contribution in [1.82, 2.24) is 24.7 Å². The predicted molar refractivity (Wildman–Crippen MR) is 111 cm³/mol. The van der Waals surface area contributed by atoms with Crippen LogP contribution in [-0.2, 0) is 29.2 Å². The minimum Gasteiger partial charge on any atom is -0.549 e. The summed E-state index contributed by atoms with van der Waals surface area (Å²) in [5.41, 5.74) is 1.97. The van der Waals surface area contributed by atoms with Crippen molar-refractivity contribution < 1.29 is 29.7 Å². The molecule has 1 N–H and O–H groups in total. The summed E-state index contributed by atoms with van der Waals surface area (Å²) in [6.45, 7) is 1.95. The average molecular weight is 455 g/mol. The van der Waals surface area contributed by atoms with Crippen molar-refractivity contribution in [3.8, 4) is 0 Å². The zero-order valence-electron chi connectivity index (χ0n) is 18.1. The van der Waals surface area contributed by atoms with E-state index < -0.39 is 17.9 Å². The van der Waals surface area contributed by atoms with Crippen LogP contribution in [0.4, 0.5) is 0 Å². The first-order valence-electron chi connectivity index (χ1n) is 10.5. The molecule has 0 fully saturated rings. The molecule has 2 aromatic rings. The van der Waals surface area contributed by atoms with Gasteiger partial charge < -0.3 is 24.9 Å². The molecule has 0 spiro atoms. The fourth-order valence-electron chi connectivity index (χ4n) is 3.71. The Balaban J connectivity index is 1.85. The van der Waals surface area contributed by atoms with Crippen molar-refractivity contribution in [1.29, 1.82) is 0 Å². The summed E-state index contributed by atoms with van der Waals surface area (Å²) in [6.07, 6.45) is 0. The molecular formula is C22H25N5O6-2.